The summed E-state index contributed by atoms with van der Waals surface area (Å²) in [6, 6.07) is 13.5. The number of para-hydroxylation sites is 1. The molecule has 0 atom stereocenters. The molecule has 0 bridgehead atoms. The van der Waals surface area contributed by atoms with Gasteiger partial charge in [-0.2, -0.15) is 0 Å². The second kappa shape index (κ2) is 5.33. The molecule has 1 aliphatic rings. The summed E-state index contributed by atoms with van der Waals surface area (Å²) < 4.78 is 18.8. The van der Waals surface area contributed by atoms with Crippen molar-refractivity contribution < 1.29 is 13.9 Å². The molecule has 3 nitrogen and oxygen atoms in total. The lowest BCUT2D eigenvalue weighted by molar-refractivity contribution is 0.215. The zero-order valence-corrected chi connectivity index (χ0v) is 10.8. The molecule has 0 radical (unpaired) electrons. The van der Waals surface area contributed by atoms with Crippen LogP contribution in [0.25, 0.3) is 0 Å². The van der Waals surface area contributed by atoms with Crippen LogP contribution < -0.4 is 10.1 Å². The van der Waals surface area contributed by atoms with Crippen molar-refractivity contribution in [3.63, 3.8) is 0 Å². The Morgan fingerprint density at radius 2 is 1.90 bits per heavy atom. The van der Waals surface area contributed by atoms with Gasteiger partial charge in [-0.05, 0) is 48.6 Å². The number of benzene rings is 2. The van der Waals surface area contributed by atoms with E-state index in [0.717, 1.165) is 18.4 Å². The number of hydrogen-bond donors (Lipinski definition) is 1. The van der Waals surface area contributed by atoms with E-state index in [-0.39, 0.29) is 5.69 Å². The highest BCUT2D eigenvalue weighted by molar-refractivity contribution is 5.86. The predicted octanol–water partition coefficient (Wildman–Crippen LogP) is 4.31. The molecule has 0 heterocycles. The van der Waals surface area contributed by atoms with Gasteiger partial charge in [-0.25, -0.2) is 9.18 Å². The molecular formula is C16H14FNO2. The minimum atomic E-state index is -0.692. The quantitative estimate of drug-likeness (QED) is 0.903. The van der Waals surface area contributed by atoms with E-state index in [1.165, 1.54) is 6.07 Å². The van der Waals surface area contributed by atoms with E-state index in [9.17, 15) is 9.18 Å². The van der Waals surface area contributed by atoms with Crippen LogP contribution in [0.1, 0.15) is 24.3 Å². The van der Waals surface area contributed by atoms with Crippen LogP contribution in [-0.2, 0) is 0 Å². The average Bonchev–Trinajstić information content (AvgIpc) is 3.27. The van der Waals surface area contributed by atoms with Gasteiger partial charge >= 0.3 is 6.09 Å². The van der Waals surface area contributed by atoms with Crippen molar-refractivity contribution in [3.05, 3.63) is 59.9 Å². The Bertz CT molecular complexity index is 624. The molecule has 3 rings (SSSR count). The molecular weight excluding hydrogens is 257 g/mol. The summed E-state index contributed by atoms with van der Waals surface area (Å²) in [5, 5.41) is 2.45. The van der Waals surface area contributed by atoms with Gasteiger partial charge in [0.15, 0.2) is 0 Å². The summed E-state index contributed by atoms with van der Waals surface area (Å²) in [7, 11) is 0. The first-order valence-electron chi connectivity index (χ1n) is 6.56. The van der Waals surface area contributed by atoms with Gasteiger partial charge < -0.3 is 4.74 Å². The summed E-state index contributed by atoms with van der Waals surface area (Å²) in [6.07, 6.45) is 1.56. The molecule has 4 heteroatoms. The summed E-state index contributed by atoms with van der Waals surface area (Å²) in [6.45, 7) is 0. The maximum absolute atomic E-state index is 13.7. The number of nitrogens with one attached hydrogen (secondary N) is 1. The molecule has 0 aromatic heterocycles. The standard InChI is InChI=1S/C16H14FNO2/c17-14-9-8-12(11-6-7-11)10-15(14)18-16(19)20-13-4-2-1-3-5-13/h1-5,8-11H,6-7H2,(H,18,19). The number of carbonyl (C=O) groups is 1. The van der Waals surface area contributed by atoms with Crippen LogP contribution in [0.5, 0.6) is 5.75 Å². The van der Waals surface area contributed by atoms with Crippen LogP contribution in [0, 0.1) is 5.82 Å². The Morgan fingerprint density at radius 1 is 1.15 bits per heavy atom. The number of ether oxygens (including phenoxy) is 1. The third-order valence-electron chi connectivity index (χ3n) is 3.23. The second-order valence-electron chi connectivity index (χ2n) is 4.84. The van der Waals surface area contributed by atoms with E-state index in [2.05, 4.69) is 5.32 Å². The maximum atomic E-state index is 13.7. The van der Waals surface area contributed by atoms with Crippen molar-refractivity contribution in [3.8, 4) is 5.75 Å². The van der Waals surface area contributed by atoms with Gasteiger partial charge in [-0.15, -0.1) is 0 Å². The topological polar surface area (TPSA) is 38.3 Å². The first kappa shape index (κ1) is 12.7. The molecule has 1 fully saturated rings. The average molecular weight is 271 g/mol. The summed E-state index contributed by atoms with van der Waals surface area (Å²) in [4.78, 5) is 11.7. The molecule has 20 heavy (non-hydrogen) atoms. The lowest BCUT2D eigenvalue weighted by Crippen LogP contribution is -2.17. The molecule has 1 N–H and O–H groups in total. The normalized spacial score (nSPS) is 13.8. The summed E-state index contributed by atoms with van der Waals surface area (Å²) in [5.74, 6) is 0.462. The highest BCUT2D eigenvalue weighted by Gasteiger charge is 2.24. The molecule has 1 saturated carbocycles. The summed E-state index contributed by atoms with van der Waals surface area (Å²) >= 11 is 0. The van der Waals surface area contributed by atoms with E-state index < -0.39 is 11.9 Å². The summed E-state index contributed by atoms with van der Waals surface area (Å²) in [5.41, 5.74) is 1.22. The van der Waals surface area contributed by atoms with Crippen LogP contribution in [0.2, 0.25) is 0 Å². The van der Waals surface area contributed by atoms with E-state index in [1.54, 1.807) is 36.4 Å². The number of amides is 1. The van der Waals surface area contributed by atoms with Crippen LogP contribution in [-0.4, -0.2) is 6.09 Å². The van der Waals surface area contributed by atoms with Crippen molar-refractivity contribution in [2.75, 3.05) is 5.32 Å². The first-order chi connectivity index (χ1) is 9.72. The van der Waals surface area contributed by atoms with Gasteiger partial charge in [-0.3, -0.25) is 5.32 Å². The molecule has 0 spiro atoms. The molecule has 0 saturated heterocycles. The van der Waals surface area contributed by atoms with Gasteiger partial charge in [-0.1, -0.05) is 24.3 Å². The highest BCUT2D eigenvalue weighted by atomic mass is 19.1. The van der Waals surface area contributed by atoms with Crippen LogP contribution in [0.15, 0.2) is 48.5 Å². The molecule has 102 valence electrons. The Morgan fingerprint density at radius 3 is 2.60 bits per heavy atom. The van der Waals surface area contributed by atoms with Crippen molar-refractivity contribution in [1.29, 1.82) is 0 Å². The van der Waals surface area contributed by atoms with Crippen LogP contribution in [0.3, 0.4) is 0 Å². The number of hydrogen-bond acceptors (Lipinski definition) is 2. The van der Waals surface area contributed by atoms with Crippen LogP contribution >= 0.6 is 0 Å². The van der Waals surface area contributed by atoms with E-state index in [1.807, 2.05) is 6.07 Å². The largest absolute Gasteiger partial charge is 0.417 e. The smallest absolute Gasteiger partial charge is 0.410 e. The van der Waals surface area contributed by atoms with Gasteiger partial charge in [0, 0.05) is 0 Å². The molecule has 0 aliphatic heterocycles. The lowest BCUT2D eigenvalue weighted by Gasteiger charge is -2.09. The number of carbonyl (C=O) groups excluding carboxylic acids is 1. The van der Waals surface area contributed by atoms with Crippen molar-refractivity contribution in [1.82, 2.24) is 0 Å². The Balaban J connectivity index is 1.70. The minimum absolute atomic E-state index is 0.162. The van der Waals surface area contributed by atoms with Gasteiger partial charge in [0.25, 0.3) is 0 Å². The fraction of sp³-hybridized carbons (Fsp3) is 0.188. The Hall–Kier alpha value is -2.36. The minimum Gasteiger partial charge on any atom is -0.410 e. The molecule has 1 aliphatic carbocycles. The lowest BCUT2D eigenvalue weighted by atomic mass is 10.1. The third-order valence-corrected chi connectivity index (χ3v) is 3.23. The monoisotopic (exact) mass is 271 g/mol. The molecule has 2 aromatic rings. The number of anilines is 1. The van der Waals surface area contributed by atoms with Crippen molar-refractivity contribution in [2.24, 2.45) is 0 Å². The fourth-order valence-electron chi connectivity index (χ4n) is 2.04. The van der Waals surface area contributed by atoms with Gasteiger partial charge in [0.1, 0.15) is 11.6 Å². The molecule has 2 aromatic carbocycles. The third kappa shape index (κ3) is 2.96. The number of halogens is 1. The van der Waals surface area contributed by atoms with E-state index in [4.69, 9.17) is 4.74 Å². The predicted molar refractivity (Wildman–Crippen MR) is 74.5 cm³/mol. The van der Waals surface area contributed by atoms with Gasteiger partial charge in [0.05, 0.1) is 5.69 Å². The van der Waals surface area contributed by atoms with Crippen molar-refractivity contribution in [2.45, 2.75) is 18.8 Å². The molecule has 0 unspecified atom stereocenters. The highest BCUT2D eigenvalue weighted by Crippen LogP contribution is 2.41. The Kier molecular flexibility index (Phi) is 3.37. The zero-order chi connectivity index (χ0) is 13.9. The zero-order valence-electron chi connectivity index (χ0n) is 10.8. The van der Waals surface area contributed by atoms with E-state index in [0.29, 0.717) is 11.7 Å². The van der Waals surface area contributed by atoms with E-state index >= 15 is 0 Å². The first-order valence-corrected chi connectivity index (χ1v) is 6.56. The number of rotatable bonds is 3. The maximum Gasteiger partial charge on any atom is 0.417 e. The second-order valence-corrected chi connectivity index (χ2v) is 4.84. The molecule has 1 amide bonds. The van der Waals surface area contributed by atoms with Gasteiger partial charge in [0.2, 0.25) is 0 Å². The SMILES string of the molecule is O=C(Nc1cc(C2CC2)ccc1F)Oc1ccccc1. The van der Waals surface area contributed by atoms with Crippen molar-refractivity contribution >= 4 is 11.8 Å². The van der Waals surface area contributed by atoms with Crippen LogP contribution in [0.4, 0.5) is 14.9 Å². The fourth-order valence-corrected chi connectivity index (χ4v) is 2.04. The Labute approximate surface area is 116 Å².